The predicted molar refractivity (Wildman–Crippen MR) is 90.3 cm³/mol. The molecule has 0 unspecified atom stereocenters. The molecular formula is C18H38NO2+. The minimum atomic E-state index is -0.0194. The third kappa shape index (κ3) is 14.1. The number of quaternary nitrogens is 1. The number of ether oxygens (including phenoxy) is 1. The normalized spacial score (nSPS) is 11.6. The molecule has 0 bridgehead atoms. The molecule has 21 heavy (non-hydrogen) atoms. The van der Waals surface area contributed by atoms with Gasteiger partial charge in [-0.3, -0.25) is 4.79 Å². The van der Waals surface area contributed by atoms with Crippen LogP contribution in [0.25, 0.3) is 0 Å². The van der Waals surface area contributed by atoms with Crippen LogP contribution in [0.1, 0.15) is 78.1 Å². The van der Waals surface area contributed by atoms with Crippen LogP contribution in [0.15, 0.2) is 0 Å². The standard InChI is InChI=1S/C18H38NO2/c1-5-7-8-9-10-11-12-13-14-15-18(20)21-17-16-19(3,4)6-2/h5-17H2,1-4H3/q+1. The minimum absolute atomic E-state index is 0.0194. The highest BCUT2D eigenvalue weighted by Crippen LogP contribution is 2.10. The molecule has 0 aliphatic carbocycles. The number of carbonyl (C=O) groups is 1. The van der Waals surface area contributed by atoms with Gasteiger partial charge in [0.2, 0.25) is 0 Å². The Kier molecular flexibility index (Phi) is 12.8. The number of likely N-dealkylation sites (N-methyl/N-ethyl adjacent to an activating group) is 1. The SMILES string of the molecule is CCCCCCCCCCCC(=O)OCC[N+](C)(C)CC. The number of carbonyl (C=O) groups excluding carboxylic acids is 1. The molecule has 0 heterocycles. The van der Waals surface area contributed by atoms with Crippen LogP contribution in [0.5, 0.6) is 0 Å². The molecule has 0 spiro atoms. The number of esters is 1. The van der Waals surface area contributed by atoms with Crippen molar-refractivity contribution in [2.75, 3.05) is 33.8 Å². The second kappa shape index (κ2) is 13.1. The zero-order chi connectivity index (χ0) is 16.0. The van der Waals surface area contributed by atoms with Crippen molar-refractivity contribution in [2.24, 2.45) is 0 Å². The summed E-state index contributed by atoms with van der Waals surface area (Å²) in [6.07, 6.45) is 12.1. The largest absolute Gasteiger partial charge is 0.460 e. The fourth-order valence-electron chi connectivity index (χ4n) is 2.22. The molecule has 0 rings (SSSR count). The first kappa shape index (κ1) is 20.4. The Labute approximate surface area is 132 Å². The molecule has 0 saturated carbocycles. The van der Waals surface area contributed by atoms with Crippen molar-refractivity contribution in [3.63, 3.8) is 0 Å². The predicted octanol–water partition coefficient (Wildman–Crippen LogP) is 4.55. The van der Waals surface area contributed by atoms with Crippen molar-refractivity contribution in [1.82, 2.24) is 0 Å². The van der Waals surface area contributed by atoms with Gasteiger partial charge >= 0.3 is 5.97 Å². The van der Waals surface area contributed by atoms with Gasteiger partial charge in [0, 0.05) is 6.42 Å². The first-order valence-corrected chi connectivity index (χ1v) is 8.99. The van der Waals surface area contributed by atoms with E-state index in [0.29, 0.717) is 13.0 Å². The maximum atomic E-state index is 11.6. The molecule has 0 atom stereocenters. The van der Waals surface area contributed by atoms with Gasteiger partial charge in [0.25, 0.3) is 0 Å². The highest BCUT2D eigenvalue weighted by Gasteiger charge is 2.12. The molecule has 0 aliphatic rings. The average molecular weight is 301 g/mol. The number of nitrogens with zero attached hydrogens (tertiary/aromatic N) is 1. The van der Waals surface area contributed by atoms with Crippen LogP contribution in [0.2, 0.25) is 0 Å². The molecule has 0 amide bonds. The van der Waals surface area contributed by atoms with Gasteiger partial charge in [0.15, 0.2) is 0 Å². The van der Waals surface area contributed by atoms with Gasteiger partial charge < -0.3 is 9.22 Å². The first-order chi connectivity index (χ1) is 10.0. The maximum absolute atomic E-state index is 11.6. The summed E-state index contributed by atoms with van der Waals surface area (Å²) < 4.78 is 6.21. The van der Waals surface area contributed by atoms with E-state index in [1.807, 2.05) is 0 Å². The third-order valence-electron chi connectivity index (χ3n) is 4.30. The van der Waals surface area contributed by atoms with Gasteiger partial charge in [-0.2, -0.15) is 0 Å². The van der Waals surface area contributed by atoms with E-state index < -0.39 is 0 Å². The second-order valence-electron chi connectivity index (χ2n) is 6.77. The lowest BCUT2D eigenvalue weighted by atomic mass is 10.1. The number of hydrogen-bond donors (Lipinski definition) is 0. The Bertz CT molecular complexity index is 252. The molecule has 0 aliphatic heterocycles. The van der Waals surface area contributed by atoms with E-state index in [9.17, 15) is 4.79 Å². The van der Waals surface area contributed by atoms with Crippen LogP contribution in [0, 0.1) is 0 Å². The number of rotatable bonds is 14. The van der Waals surface area contributed by atoms with Crippen LogP contribution in [0.3, 0.4) is 0 Å². The molecule has 0 saturated heterocycles. The smallest absolute Gasteiger partial charge is 0.305 e. The van der Waals surface area contributed by atoms with E-state index >= 15 is 0 Å². The van der Waals surface area contributed by atoms with Crippen LogP contribution in [-0.2, 0) is 9.53 Å². The van der Waals surface area contributed by atoms with Crippen molar-refractivity contribution < 1.29 is 14.0 Å². The minimum Gasteiger partial charge on any atom is -0.460 e. The van der Waals surface area contributed by atoms with Gasteiger partial charge in [-0.05, 0) is 13.3 Å². The molecule has 0 aromatic rings. The van der Waals surface area contributed by atoms with Crippen LogP contribution in [-0.4, -0.2) is 44.2 Å². The maximum Gasteiger partial charge on any atom is 0.305 e. The van der Waals surface area contributed by atoms with Gasteiger partial charge in [-0.1, -0.05) is 58.3 Å². The lowest BCUT2D eigenvalue weighted by Crippen LogP contribution is -2.42. The monoisotopic (exact) mass is 300 g/mol. The van der Waals surface area contributed by atoms with Gasteiger partial charge in [-0.25, -0.2) is 0 Å². The van der Waals surface area contributed by atoms with Crippen molar-refractivity contribution in [1.29, 1.82) is 0 Å². The summed E-state index contributed by atoms with van der Waals surface area (Å²) in [5.41, 5.74) is 0. The summed E-state index contributed by atoms with van der Waals surface area (Å²) in [4.78, 5) is 11.6. The van der Waals surface area contributed by atoms with Crippen LogP contribution in [0.4, 0.5) is 0 Å². The van der Waals surface area contributed by atoms with Gasteiger partial charge in [0.1, 0.15) is 13.2 Å². The lowest BCUT2D eigenvalue weighted by molar-refractivity contribution is -0.888. The van der Waals surface area contributed by atoms with E-state index in [1.54, 1.807) is 0 Å². The Morgan fingerprint density at radius 3 is 1.90 bits per heavy atom. The average Bonchev–Trinajstić information content (AvgIpc) is 2.45. The molecule has 0 N–H and O–H groups in total. The van der Waals surface area contributed by atoms with Crippen molar-refractivity contribution in [3.8, 4) is 0 Å². The Balaban J connectivity index is 3.31. The molecule has 0 aromatic carbocycles. The van der Waals surface area contributed by atoms with E-state index in [0.717, 1.165) is 24.0 Å². The van der Waals surface area contributed by atoms with E-state index in [-0.39, 0.29) is 5.97 Å². The van der Waals surface area contributed by atoms with Crippen LogP contribution >= 0.6 is 0 Å². The fourth-order valence-corrected chi connectivity index (χ4v) is 2.22. The first-order valence-electron chi connectivity index (χ1n) is 8.99. The van der Waals surface area contributed by atoms with E-state index in [1.165, 1.54) is 51.4 Å². The van der Waals surface area contributed by atoms with E-state index in [2.05, 4.69) is 27.9 Å². The summed E-state index contributed by atoms with van der Waals surface area (Å²) in [7, 11) is 4.32. The summed E-state index contributed by atoms with van der Waals surface area (Å²) >= 11 is 0. The third-order valence-corrected chi connectivity index (χ3v) is 4.30. The quantitative estimate of drug-likeness (QED) is 0.267. The van der Waals surface area contributed by atoms with E-state index in [4.69, 9.17) is 4.74 Å². The van der Waals surface area contributed by atoms with Crippen molar-refractivity contribution in [2.45, 2.75) is 78.1 Å². The number of hydrogen-bond acceptors (Lipinski definition) is 2. The molecular weight excluding hydrogens is 262 g/mol. The zero-order valence-corrected chi connectivity index (χ0v) is 15.0. The fraction of sp³-hybridized carbons (Fsp3) is 0.944. The van der Waals surface area contributed by atoms with Gasteiger partial charge in [0.05, 0.1) is 20.6 Å². The molecule has 3 heteroatoms. The Hall–Kier alpha value is -0.570. The van der Waals surface area contributed by atoms with Crippen LogP contribution < -0.4 is 0 Å². The summed E-state index contributed by atoms with van der Waals surface area (Å²) in [5.74, 6) is -0.0194. The molecule has 0 aromatic heterocycles. The van der Waals surface area contributed by atoms with Gasteiger partial charge in [-0.15, -0.1) is 0 Å². The zero-order valence-electron chi connectivity index (χ0n) is 15.0. The highest BCUT2D eigenvalue weighted by molar-refractivity contribution is 5.69. The summed E-state index contributed by atoms with van der Waals surface area (Å²) in [6, 6.07) is 0. The highest BCUT2D eigenvalue weighted by atomic mass is 16.5. The Morgan fingerprint density at radius 1 is 0.857 bits per heavy atom. The summed E-state index contributed by atoms with van der Waals surface area (Å²) in [5, 5.41) is 0. The molecule has 0 fully saturated rings. The molecule has 126 valence electrons. The molecule has 0 radical (unpaired) electrons. The molecule has 3 nitrogen and oxygen atoms in total. The Morgan fingerprint density at radius 2 is 1.38 bits per heavy atom. The number of unbranched alkanes of at least 4 members (excludes halogenated alkanes) is 8. The second-order valence-corrected chi connectivity index (χ2v) is 6.77. The summed E-state index contributed by atoms with van der Waals surface area (Å²) in [6.45, 7) is 6.93. The lowest BCUT2D eigenvalue weighted by Gasteiger charge is -2.27. The van der Waals surface area contributed by atoms with Crippen molar-refractivity contribution in [3.05, 3.63) is 0 Å². The topological polar surface area (TPSA) is 26.3 Å². The van der Waals surface area contributed by atoms with Crippen molar-refractivity contribution >= 4 is 5.97 Å².